The lowest BCUT2D eigenvalue weighted by molar-refractivity contribution is -0.131. The van der Waals surface area contributed by atoms with Gasteiger partial charge < -0.3 is 15.4 Å². The fourth-order valence-corrected chi connectivity index (χ4v) is 2.71. The van der Waals surface area contributed by atoms with Gasteiger partial charge in [0.2, 0.25) is 11.8 Å². The van der Waals surface area contributed by atoms with Crippen molar-refractivity contribution in [2.24, 2.45) is 5.41 Å². The zero-order valence-corrected chi connectivity index (χ0v) is 14.8. The molecule has 1 fully saturated rings. The highest BCUT2D eigenvalue weighted by Crippen LogP contribution is 2.47. The number of carbonyl (C=O) groups is 3. The molecule has 6 nitrogen and oxygen atoms in total. The topological polar surface area (TPSA) is 84.5 Å². The van der Waals surface area contributed by atoms with E-state index in [2.05, 4.69) is 10.6 Å². The third-order valence-corrected chi connectivity index (χ3v) is 4.55. The quantitative estimate of drug-likeness (QED) is 0.621. The predicted octanol–water partition coefficient (Wildman–Crippen LogP) is 3.48. The van der Waals surface area contributed by atoms with Gasteiger partial charge in [-0.15, -0.1) is 0 Å². The molecule has 0 saturated heterocycles. The largest absolute Gasteiger partial charge is 0.465 e. The van der Waals surface area contributed by atoms with Gasteiger partial charge in [-0.25, -0.2) is 4.79 Å². The molecule has 1 saturated carbocycles. The van der Waals surface area contributed by atoms with Crippen LogP contribution in [0.3, 0.4) is 0 Å². The summed E-state index contributed by atoms with van der Waals surface area (Å²) in [6.07, 6.45) is 0.886. The second-order valence-corrected chi connectivity index (χ2v) is 6.47. The number of hydrogen-bond donors (Lipinski definition) is 2. The molecular weight excluding hydrogens is 356 g/mol. The zero-order valence-electron chi connectivity index (χ0n) is 14.0. The Morgan fingerprint density at radius 3 is 2.19 bits per heavy atom. The third-order valence-electron chi connectivity index (χ3n) is 4.30. The van der Waals surface area contributed by atoms with Gasteiger partial charge in [0.05, 0.1) is 18.4 Å². The highest BCUT2D eigenvalue weighted by molar-refractivity contribution is 6.30. The molecule has 2 amide bonds. The van der Waals surface area contributed by atoms with Gasteiger partial charge in [-0.1, -0.05) is 23.7 Å². The number of hydrogen-bond acceptors (Lipinski definition) is 4. The summed E-state index contributed by atoms with van der Waals surface area (Å²) in [5, 5.41) is 5.98. The third kappa shape index (κ3) is 3.55. The summed E-state index contributed by atoms with van der Waals surface area (Å²) < 4.78 is 4.72. The standard InChI is InChI=1S/C19H17ClN2O4/c1-26-16(23)14-4-2-3-5-15(14)22-18(25)19(10-11-19)17(24)21-13-8-6-12(20)7-9-13/h2-9H,10-11H2,1H3,(H,21,24)(H,22,25). The van der Waals surface area contributed by atoms with Crippen LogP contribution in [-0.4, -0.2) is 24.9 Å². The SMILES string of the molecule is COC(=O)c1ccccc1NC(=O)C1(C(=O)Nc2ccc(Cl)cc2)CC1. The minimum absolute atomic E-state index is 0.234. The first-order chi connectivity index (χ1) is 12.5. The van der Waals surface area contributed by atoms with Crippen molar-refractivity contribution in [3.8, 4) is 0 Å². The lowest BCUT2D eigenvalue weighted by Crippen LogP contribution is -2.36. The van der Waals surface area contributed by atoms with E-state index in [0.29, 0.717) is 29.2 Å². The van der Waals surface area contributed by atoms with Crippen molar-refractivity contribution < 1.29 is 19.1 Å². The monoisotopic (exact) mass is 372 g/mol. The first kappa shape index (κ1) is 17.9. The van der Waals surface area contributed by atoms with E-state index in [0.717, 1.165) is 0 Å². The highest BCUT2D eigenvalue weighted by Gasteiger charge is 2.56. The maximum atomic E-state index is 12.7. The predicted molar refractivity (Wildman–Crippen MR) is 98.2 cm³/mol. The number of anilines is 2. The molecule has 0 aromatic heterocycles. The Kier molecular flexibility index (Phi) is 4.95. The van der Waals surface area contributed by atoms with Crippen LogP contribution >= 0.6 is 11.6 Å². The fourth-order valence-electron chi connectivity index (χ4n) is 2.59. The van der Waals surface area contributed by atoms with E-state index in [-0.39, 0.29) is 11.5 Å². The highest BCUT2D eigenvalue weighted by atomic mass is 35.5. The lowest BCUT2D eigenvalue weighted by Gasteiger charge is -2.16. The van der Waals surface area contributed by atoms with Crippen molar-refractivity contribution >= 4 is 40.8 Å². The Hall–Kier alpha value is -2.86. The number of para-hydroxylation sites is 1. The Balaban J connectivity index is 1.74. The molecule has 0 aliphatic heterocycles. The van der Waals surface area contributed by atoms with E-state index >= 15 is 0 Å². The number of methoxy groups -OCH3 is 1. The number of rotatable bonds is 5. The van der Waals surface area contributed by atoms with Gasteiger partial charge in [0, 0.05) is 10.7 Å². The molecule has 7 heteroatoms. The Morgan fingerprint density at radius 2 is 1.58 bits per heavy atom. The molecule has 26 heavy (non-hydrogen) atoms. The summed E-state index contributed by atoms with van der Waals surface area (Å²) in [5.74, 6) is -1.38. The number of carbonyl (C=O) groups excluding carboxylic acids is 3. The van der Waals surface area contributed by atoms with Gasteiger partial charge in [-0.2, -0.15) is 0 Å². The molecule has 2 aromatic rings. The summed E-state index contributed by atoms with van der Waals surface area (Å²) in [7, 11) is 1.27. The van der Waals surface area contributed by atoms with Crippen LogP contribution in [0, 0.1) is 5.41 Å². The molecule has 1 aliphatic rings. The van der Waals surface area contributed by atoms with Crippen LogP contribution in [0.1, 0.15) is 23.2 Å². The summed E-state index contributed by atoms with van der Waals surface area (Å²) >= 11 is 5.83. The molecule has 134 valence electrons. The van der Waals surface area contributed by atoms with Crippen molar-refractivity contribution in [2.45, 2.75) is 12.8 Å². The van der Waals surface area contributed by atoms with Crippen LogP contribution in [0.15, 0.2) is 48.5 Å². The lowest BCUT2D eigenvalue weighted by atomic mass is 10.0. The van der Waals surface area contributed by atoms with E-state index in [9.17, 15) is 14.4 Å². The van der Waals surface area contributed by atoms with Gasteiger partial charge in [0.15, 0.2) is 0 Å². The van der Waals surface area contributed by atoms with Crippen molar-refractivity contribution in [3.05, 3.63) is 59.1 Å². The van der Waals surface area contributed by atoms with E-state index in [1.54, 1.807) is 48.5 Å². The first-order valence-electron chi connectivity index (χ1n) is 8.02. The van der Waals surface area contributed by atoms with Gasteiger partial charge in [0.25, 0.3) is 0 Å². The maximum absolute atomic E-state index is 12.7. The second-order valence-electron chi connectivity index (χ2n) is 6.03. The smallest absolute Gasteiger partial charge is 0.339 e. The average Bonchev–Trinajstić information content (AvgIpc) is 3.45. The van der Waals surface area contributed by atoms with E-state index in [1.807, 2.05) is 0 Å². The van der Waals surface area contributed by atoms with Crippen LogP contribution in [0.4, 0.5) is 11.4 Å². The Labute approximate surface area is 155 Å². The molecule has 2 N–H and O–H groups in total. The Bertz CT molecular complexity index is 860. The van der Waals surface area contributed by atoms with E-state index in [4.69, 9.17) is 16.3 Å². The van der Waals surface area contributed by atoms with Crippen LogP contribution in [0.5, 0.6) is 0 Å². The molecule has 0 heterocycles. The van der Waals surface area contributed by atoms with E-state index < -0.39 is 17.3 Å². The van der Waals surface area contributed by atoms with Gasteiger partial charge in [-0.05, 0) is 49.2 Å². The minimum Gasteiger partial charge on any atom is -0.465 e. The molecule has 0 unspecified atom stereocenters. The zero-order chi connectivity index (χ0) is 18.7. The summed E-state index contributed by atoms with van der Waals surface area (Å²) in [5.41, 5.74) is -0.0244. The van der Waals surface area contributed by atoms with Crippen molar-refractivity contribution in [1.82, 2.24) is 0 Å². The average molecular weight is 373 g/mol. The first-order valence-corrected chi connectivity index (χ1v) is 8.40. The molecular formula is C19H17ClN2O4. The van der Waals surface area contributed by atoms with Crippen LogP contribution < -0.4 is 10.6 Å². The van der Waals surface area contributed by atoms with Crippen molar-refractivity contribution in [1.29, 1.82) is 0 Å². The maximum Gasteiger partial charge on any atom is 0.339 e. The van der Waals surface area contributed by atoms with Crippen molar-refractivity contribution in [2.75, 3.05) is 17.7 Å². The molecule has 0 radical (unpaired) electrons. The fraction of sp³-hybridized carbons (Fsp3) is 0.211. The summed E-state index contributed by atoms with van der Waals surface area (Å²) in [6.45, 7) is 0. The van der Waals surface area contributed by atoms with Crippen LogP contribution in [0.2, 0.25) is 5.02 Å². The number of ether oxygens (including phenoxy) is 1. The second kappa shape index (κ2) is 7.17. The van der Waals surface area contributed by atoms with Gasteiger partial charge in [-0.3, -0.25) is 9.59 Å². The van der Waals surface area contributed by atoms with E-state index in [1.165, 1.54) is 7.11 Å². The summed E-state index contributed by atoms with van der Waals surface area (Å²) in [6, 6.07) is 13.2. The molecule has 2 aromatic carbocycles. The molecule has 0 bridgehead atoms. The number of benzene rings is 2. The van der Waals surface area contributed by atoms with Crippen LogP contribution in [0.25, 0.3) is 0 Å². The molecule has 0 atom stereocenters. The van der Waals surface area contributed by atoms with Crippen LogP contribution in [-0.2, 0) is 14.3 Å². The normalized spacial score (nSPS) is 14.2. The van der Waals surface area contributed by atoms with Gasteiger partial charge >= 0.3 is 5.97 Å². The summed E-state index contributed by atoms with van der Waals surface area (Å²) in [4.78, 5) is 37.1. The number of nitrogens with one attached hydrogen (secondary N) is 2. The number of halogens is 1. The Morgan fingerprint density at radius 1 is 0.962 bits per heavy atom. The van der Waals surface area contributed by atoms with Gasteiger partial charge in [0.1, 0.15) is 5.41 Å². The molecule has 0 spiro atoms. The number of amides is 2. The van der Waals surface area contributed by atoms with Crippen molar-refractivity contribution in [3.63, 3.8) is 0 Å². The molecule has 1 aliphatic carbocycles. The minimum atomic E-state index is -1.14. The molecule has 3 rings (SSSR count). The number of esters is 1.